The van der Waals surface area contributed by atoms with E-state index in [2.05, 4.69) is 33.2 Å². The summed E-state index contributed by atoms with van der Waals surface area (Å²) in [6, 6.07) is 18.0. The summed E-state index contributed by atoms with van der Waals surface area (Å²) in [6.45, 7) is 6.01. The number of pyridine rings is 2. The minimum atomic E-state index is -0.695. The van der Waals surface area contributed by atoms with Gasteiger partial charge in [0.1, 0.15) is 17.6 Å². The number of aromatic nitrogens is 4. The van der Waals surface area contributed by atoms with Crippen LogP contribution in [0.25, 0.3) is 39.4 Å². The first-order valence-electron chi connectivity index (χ1n) is 18.5. The SMILES string of the molecule is CCc1nc(-c2cccc3cc(-c4ccc(C(=O)NCC/C=C/c5cccc(C(=O)N(C)C6CCC(=O)NC6=O)c5)nc4)ncc23)c2n1CCN(C(C)=O)C2. The van der Waals surface area contributed by atoms with E-state index in [-0.39, 0.29) is 35.7 Å². The highest BCUT2D eigenvalue weighted by atomic mass is 16.2. The van der Waals surface area contributed by atoms with E-state index in [4.69, 9.17) is 9.97 Å². The first-order chi connectivity index (χ1) is 26.6. The Hall–Kier alpha value is -6.50. The molecule has 280 valence electrons. The summed E-state index contributed by atoms with van der Waals surface area (Å²) in [6.07, 6.45) is 9.12. The quantitative estimate of drug-likeness (QED) is 0.153. The summed E-state index contributed by atoms with van der Waals surface area (Å²) >= 11 is 0. The van der Waals surface area contributed by atoms with Crippen LogP contribution in [0.4, 0.5) is 0 Å². The second-order valence-corrected chi connectivity index (χ2v) is 13.8. The molecule has 7 rings (SSSR count). The molecule has 55 heavy (non-hydrogen) atoms. The zero-order chi connectivity index (χ0) is 38.6. The third-order valence-electron chi connectivity index (χ3n) is 10.2. The van der Waals surface area contributed by atoms with E-state index in [1.54, 1.807) is 44.4 Å². The van der Waals surface area contributed by atoms with Crippen LogP contribution in [-0.2, 0) is 33.9 Å². The van der Waals surface area contributed by atoms with E-state index < -0.39 is 11.9 Å². The molecule has 5 heterocycles. The molecule has 0 saturated carbocycles. The van der Waals surface area contributed by atoms with E-state index in [9.17, 15) is 24.0 Å². The van der Waals surface area contributed by atoms with E-state index in [1.807, 2.05) is 53.6 Å². The minimum Gasteiger partial charge on any atom is -0.350 e. The lowest BCUT2D eigenvalue weighted by molar-refractivity contribution is -0.136. The van der Waals surface area contributed by atoms with E-state index in [0.717, 1.165) is 63.3 Å². The Bertz CT molecular complexity index is 2350. The first kappa shape index (κ1) is 36.8. The van der Waals surface area contributed by atoms with Gasteiger partial charge in [0.25, 0.3) is 11.8 Å². The average molecular weight is 739 g/mol. The predicted octanol–water partition coefficient (Wildman–Crippen LogP) is 4.80. The highest BCUT2D eigenvalue weighted by Crippen LogP contribution is 2.34. The van der Waals surface area contributed by atoms with Crippen LogP contribution in [0.1, 0.15) is 71.0 Å². The van der Waals surface area contributed by atoms with Gasteiger partial charge in [-0.2, -0.15) is 0 Å². The minimum absolute atomic E-state index is 0.0558. The number of imidazole rings is 1. The fourth-order valence-electron chi connectivity index (χ4n) is 7.16. The summed E-state index contributed by atoms with van der Waals surface area (Å²) in [5, 5.41) is 7.14. The normalized spacial score (nSPS) is 15.5. The summed E-state index contributed by atoms with van der Waals surface area (Å²) in [4.78, 5) is 79.3. The number of hydrogen-bond donors (Lipinski definition) is 2. The molecule has 0 aliphatic carbocycles. The maximum Gasteiger partial charge on any atom is 0.269 e. The molecule has 1 fully saturated rings. The lowest BCUT2D eigenvalue weighted by atomic mass is 10.0. The third-order valence-corrected chi connectivity index (χ3v) is 10.2. The van der Waals surface area contributed by atoms with Gasteiger partial charge in [-0.3, -0.25) is 39.3 Å². The summed E-state index contributed by atoms with van der Waals surface area (Å²) in [5.74, 6) is -0.326. The summed E-state index contributed by atoms with van der Waals surface area (Å²) in [7, 11) is 1.56. The molecule has 1 saturated heterocycles. The molecule has 2 N–H and O–H groups in total. The van der Waals surface area contributed by atoms with Crippen LogP contribution in [0.5, 0.6) is 0 Å². The Kier molecular flexibility index (Phi) is 10.6. The number of piperidine rings is 1. The summed E-state index contributed by atoms with van der Waals surface area (Å²) < 4.78 is 2.25. The molecule has 13 nitrogen and oxygen atoms in total. The van der Waals surface area contributed by atoms with Gasteiger partial charge in [0, 0.05) is 80.9 Å². The van der Waals surface area contributed by atoms with Crippen LogP contribution >= 0.6 is 0 Å². The zero-order valence-corrected chi connectivity index (χ0v) is 31.0. The molecule has 1 unspecified atom stereocenters. The molecular formula is C42H42N8O5. The number of benzene rings is 2. The van der Waals surface area contributed by atoms with Gasteiger partial charge in [0.05, 0.1) is 23.6 Å². The Morgan fingerprint density at radius 3 is 2.62 bits per heavy atom. The van der Waals surface area contributed by atoms with Crippen LogP contribution in [0.2, 0.25) is 0 Å². The summed E-state index contributed by atoms with van der Waals surface area (Å²) in [5.41, 5.74) is 5.93. The number of nitrogens with zero attached hydrogens (tertiary/aromatic N) is 6. The van der Waals surface area contributed by atoms with Crippen LogP contribution in [0.15, 0.2) is 79.1 Å². The lowest BCUT2D eigenvalue weighted by Gasteiger charge is -2.29. The van der Waals surface area contributed by atoms with E-state index in [0.29, 0.717) is 38.0 Å². The molecule has 2 aromatic carbocycles. The molecule has 1 atom stereocenters. The van der Waals surface area contributed by atoms with Crippen molar-refractivity contribution in [2.75, 3.05) is 20.1 Å². The molecule has 0 bridgehead atoms. The Labute approximate surface area is 318 Å². The highest BCUT2D eigenvalue weighted by molar-refractivity contribution is 6.04. The van der Waals surface area contributed by atoms with Gasteiger partial charge in [0.2, 0.25) is 17.7 Å². The number of fused-ring (bicyclic) bond motifs is 2. The number of amides is 5. The van der Waals surface area contributed by atoms with Gasteiger partial charge in [-0.1, -0.05) is 49.4 Å². The monoisotopic (exact) mass is 738 g/mol. The molecule has 0 radical (unpaired) electrons. The number of nitrogens with one attached hydrogen (secondary N) is 2. The Balaban J connectivity index is 0.961. The lowest BCUT2D eigenvalue weighted by Crippen LogP contribution is -2.52. The number of hydrogen-bond acceptors (Lipinski definition) is 8. The smallest absolute Gasteiger partial charge is 0.269 e. The van der Waals surface area contributed by atoms with Crippen molar-refractivity contribution >= 4 is 46.4 Å². The van der Waals surface area contributed by atoms with Crippen molar-refractivity contribution < 1.29 is 24.0 Å². The van der Waals surface area contributed by atoms with Crippen LogP contribution in [-0.4, -0.2) is 85.0 Å². The predicted molar refractivity (Wildman–Crippen MR) is 207 cm³/mol. The van der Waals surface area contributed by atoms with Crippen molar-refractivity contribution in [3.05, 3.63) is 107 Å². The Morgan fingerprint density at radius 1 is 1.02 bits per heavy atom. The molecular weight excluding hydrogens is 697 g/mol. The van der Waals surface area contributed by atoms with Crippen LogP contribution in [0.3, 0.4) is 0 Å². The van der Waals surface area contributed by atoms with Gasteiger partial charge < -0.3 is 19.7 Å². The molecule has 13 heteroatoms. The van der Waals surface area contributed by atoms with E-state index >= 15 is 0 Å². The fraction of sp³-hybridized carbons (Fsp3) is 0.286. The standard InChI is InChI=1S/C42H42N8O5/c1-4-37-46-39(36-25-49(26(2)51)19-20-50(36)37)31-13-8-11-28-22-34(45-24-32(28)31)30-14-15-33(44-23-30)40(53)43-18-6-5-9-27-10-7-12-29(21-27)42(55)48(3)35-16-17-38(52)47-41(35)54/h5,7-15,21-24,35H,4,6,16-20,25H2,1-3H3,(H,43,53)(H,47,52,54)/b9-5+. The van der Waals surface area contributed by atoms with Crippen molar-refractivity contribution in [3.63, 3.8) is 0 Å². The maximum absolute atomic E-state index is 13.1. The molecule has 5 amide bonds. The fourth-order valence-corrected chi connectivity index (χ4v) is 7.16. The molecule has 3 aromatic heterocycles. The number of carbonyl (C=O) groups is 5. The van der Waals surface area contributed by atoms with Crippen LogP contribution in [0, 0.1) is 0 Å². The number of likely N-dealkylation sites (N-methyl/N-ethyl adjacent to an activating group) is 1. The van der Waals surface area contributed by atoms with Gasteiger partial charge in [0.15, 0.2) is 0 Å². The Morgan fingerprint density at radius 2 is 1.85 bits per heavy atom. The molecule has 0 spiro atoms. The number of rotatable bonds is 10. The highest BCUT2D eigenvalue weighted by Gasteiger charge is 2.32. The number of carbonyl (C=O) groups excluding carboxylic acids is 5. The number of imide groups is 1. The molecule has 5 aromatic rings. The van der Waals surface area contributed by atoms with Crippen molar-refractivity contribution in [3.8, 4) is 22.5 Å². The van der Waals surface area contributed by atoms with Crippen LogP contribution < -0.4 is 10.6 Å². The second kappa shape index (κ2) is 15.8. The zero-order valence-electron chi connectivity index (χ0n) is 31.0. The maximum atomic E-state index is 13.1. The van der Waals surface area contributed by atoms with Crippen molar-refractivity contribution in [2.24, 2.45) is 0 Å². The topological polar surface area (TPSA) is 159 Å². The second-order valence-electron chi connectivity index (χ2n) is 13.8. The van der Waals surface area contributed by atoms with Gasteiger partial charge in [-0.05, 0) is 54.1 Å². The first-order valence-corrected chi connectivity index (χ1v) is 18.5. The van der Waals surface area contributed by atoms with Gasteiger partial charge in [-0.25, -0.2) is 4.98 Å². The van der Waals surface area contributed by atoms with Gasteiger partial charge >= 0.3 is 0 Å². The van der Waals surface area contributed by atoms with E-state index in [1.165, 1.54) is 4.90 Å². The largest absolute Gasteiger partial charge is 0.350 e. The van der Waals surface area contributed by atoms with Gasteiger partial charge in [-0.15, -0.1) is 0 Å². The molecule has 2 aliphatic heterocycles. The average Bonchev–Trinajstić information content (AvgIpc) is 3.57. The van der Waals surface area contributed by atoms with Crippen molar-refractivity contribution in [1.29, 1.82) is 0 Å². The number of aryl methyl sites for hydroxylation is 1. The van der Waals surface area contributed by atoms with Crippen molar-refractivity contribution in [2.45, 2.75) is 58.7 Å². The third kappa shape index (κ3) is 7.77. The molecule has 2 aliphatic rings. The van der Waals surface area contributed by atoms with Crippen molar-refractivity contribution in [1.82, 2.24) is 40.0 Å².